The Morgan fingerprint density at radius 2 is 1.62 bits per heavy atom. The smallest absolute Gasteiger partial charge is 0.321 e. The van der Waals surface area contributed by atoms with Gasteiger partial charge in [0.05, 0.1) is 0 Å². The van der Waals surface area contributed by atoms with Crippen molar-refractivity contribution in [1.82, 2.24) is 0 Å². The summed E-state index contributed by atoms with van der Waals surface area (Å²) in [6.45, 7) is 1.27. The molecule has 13 heavy (non-hydrogen) atoms. The van der Waals surface area contributed by atoms with Gasteiger partial charge in [0, 0.05) is 0 Å². The molecule has 0 radical (unpaired) electrons. The van der Waals surface area contributed by atoms with Crippen molar-refractivity contribution in [1.29, 1.82) is 0 Å². The normalized spacial score (nSPS) is 17.6. The van der Waals surface area contributed by atoms with Crippen molar-refractivity contribution in [3.63, 3.8) is 0 Å². The maximum absolute atomic E-state index is 10.8. The van der Waals surface area contributed by atoms with Crippen LogP contribution in [0, 0.1) is 11.3 Å². The van der Waals surface area contributed by atoms with E-state index in [0.717, 1.165) is 0 Å². The first-order valence-corrected chi connectivity index (χ1v) is 4.11. The van der Waals surface area contributed by atoms with Crippen molar-refractivity contribution >= 4 is 11.9 Å². The zero-order valence-electron chi connectivity index (χ0n) is 7.36. The second-order valence-electron chi connectivity index (χ2n) is 3.45. The van der Waals surface area contributed by atoms with Crippen LogP contribution in [0.1, 0.15) is 19.8 Å². The number of hydrogen-bond donors (Lipinski definition) is 2. The highest BCUT2D eigenvalue weighted by Gasteiger charge is 2.48. The SMILES string of the molecule is CC(C(=O)O)(C(=O)O)C1CC=CC1. The molecule has 0 spiro atoms. The molecule has 0 bridgehead atoms. The summed E-state index contributed by atoms with van der Waals surface area (Å²) < 4.78 is 0. The van der Waals surface area contributed by atoms with E-state index in [1.54, 1.807) is 0 Å². The monoisotopic (exact) mass is 184 g/mol. The number of allylic oxidation sites excluding steroid dienone is 2. The average Bonchev–Trinajstić information content (AvgIpc) is 2.54. The lowest BCUT2D eigenvalue weighted by Crippen LogP contribution is -2.42. The molecule has 0 atom stereocenters. The second kappa shape index (κ2) is 3.20. The number of rotatable bonds is 3. The first-order chi connectivity index (χ1) is 5.99. The molecule has 0 heterocycles. The summed E-state index contributed by atoms with van der Waals surface area (Å²) in [7, 11) is 0. The first kappa shape index (κ1) is 9.77. The van der Waals surface area contributed by atoms with Gasteiger partial charge in [0.1, 0.15) is 0 Å². The van der Waals surface area contributed by atoms with Crippen LogP contribution >= 0.6 is 0 Å². The highest BCUT2D eigenvalue weighted by Crippen LogP contribution is 2.37. The minimum Gasteiger partial charge on any atom is -0.480 e. The highest BCUT2D eigenvalue weighted by molar-refractivity contribution is 5.98. The largest absolute Gasteiger partial charge is 0.480 e. The van der Waals surface area contributed by atoms with Gasteiger partial charge in [-0.3, -0.25) is 9.59 Å². The van der Waals surface area contributed by atoms with E-state index in [1.807, 2.05) is 12.2 Å². The van der Waals surface area contributed by atoms with Crippen LogP contribution in [0.15, 0.2) is 12.2 Å². The topological polar surface area (TPSA) is 74.6 Å². The van der Waals surface area contributed by atoms with Gasteiger partial charge in [-0.2, -0.15) is 0 Å². The van der Waals surface area contributed by atoms with Gasteiger partial charge in [-0.1, -0.05) is 12.2 Å². The van der Waals surface area contributed by atoms with E-state index >= 15 is 0 Å². The molecular formula is C9H12O4. The Bertz CT molecular complexity index is 245. The van der Waals surface area contributed by atoms with E-state index in [4.69, 9.17) is 10.2 Å². The van der Waals surface area contributed by atoms with Crippen LogP contribution in [-0.4, -0.2) is 22.2 Å². The van der Waals surface area contributed by atoms with Gasteiger partial charge >= 0.3 is 11.9 Å². The summed E-state index contributed by atoms with van der Waals surface area (Å²) in [6.07, 6.45) is 4.73. The lowest BCUT2D eigenvalue weighted by molar-refractivity contribution is -0.167. The summed E-state index contributed by atoms with van der Waals surface area (Å²) in [6, 6.07) is 0. The Morgan fingerprint density at radius 3 is 1.92 bits per heavy atom. The van der Waals surface area contributed by atoms with E-state index in [2.05, 4.69) is 0 Å². The van der Waals surface area contributed by atoms with Crippen LogP contribution in [-0.2, 0) is 9.59 Å². The molecule has 72 valence electrons. The van der Waals surface area contributed by atoms with Gasteiger partial charge in [-0.15, -0.1) is 0 Å². The zero-order valence-corrected chi connectivity index (χ0v) is 7.36. The molecule has 1 rings (SSSR count). The van der Waals surface area contributed by atoms with Crippen LogP contribution in [0.2, 0.25) is 0 Å². The van der Waals surface area contributed by atoms with E-state index < -0.39 is 17.4 Å². The van der Waals surface area contributed by atoms with Crippen molar-refractivity contribution in [2.24, 2.45) is 11.3 Å². The third-order valence-corrected chi connectivity index (χ3v) is 2.71. The zero-order chi connectivity index (χ0) is 10.1. The van der Waals surface area contributed by atoms with E-state index in [-0.39, 0.29) is 5.92 Å². The quantitative estimate of drug-likeness (QED) is 0.509. The fourth-order valence-corrected chi connectivity index (χ4v) is 1.53. The molecule has 0 saturated heterocycles. The van der Waals surface area contributed by atoms with Crippen LogP contribution in [0.4, 0.5) is 0 Å². The summed E-state index contributed by atoms with van der Waals surface area (Å²) in [4.78, 5) is 21.7. The number of carboxylic acid groups (broad SMARTS) is 2. The Kier molecular flexibility index (Phi) is 2.40. The molecule has 0 aliphatic heterocycles. The molecule has 0 aromatic carbocycles. The second-order valence-corrected chi connectivity index (χ2v) is 3.45. The molecule has 4 heteroatoms. The van der Waals surface area contributed by atoms with E-state index in [0.29, 0.717) is 12.8 Å². The minimum absolute atomic E-state index is 0.317. The van der Waals surface area contributed by atoms with Gasteiger partial charge in [0.2, 0.25) is 0 Å². The summed E-state index contributed by atoms with van der Waals surface area (Å²) in [5, 5.41) is 17.7. The summed E-state index contributed by atoms with van der Waals surface area (Å²) in [5.74, 6) is -2.83. The Hall–Kier alpha value is -1.32. The van der Waals surface area contributed by atoms with E-state index in [1.165, 1.54) is 6.92 Å². The molecule has 0 unspecified atom stereocenters. The van der Waals surface area contributed by atoms with Crippen LogP contribution in [0.5, 0.6) is 0 Å². The summed E-state index contributed by atoms with van der Waals surface area (Å²) in [5.41, 5.74) is -1.65. The van der Waals surface area contributed by atoms with Crippen LogP contribution < -0.4 is 0 Å². The van der Waals surface area contributed by atoms with Gasteiger partial charge in [0.15, 0.2) is 5.41 Å². The number of aliphatic carboxylic acids is 2. The van der Waals surface area contributed by atoms with Crippen molar-refractivity contribution < 1.29 is 19.8 Å². The van der Waals surface area contributed by atoms with Crippen LogP contribution in [0.25, 0.3) is 0 Å². The molecule has 0 amide bonds. The van der Waals surface area contributed by atoms with Gasteiger partial charge in [0.25, 0.3) is 0 Å². The molecule has 4 nitrogen and oxygen atoms in total. The van der Waals surface area contributed by atoms with Crippen molar-refractivity contribution in [2.75, 3.05) is 0 Å². The third kappa shape index (κ3) is 1.43. The highest BCUT2D eigenvalue weighted by atomic mass is 16.4. The van der Waals surface area contributed by atoms with Gasteiger partial charge in [-0.05, 0) is 25.7 Å². The molecule has 0 aromatic rings. The van der Waals surface area contributed by atoms with Gasteiger partial charge < -0.3 is 10.2 Å². The van der Waals surface area contributed by atoms with Gasteiger partial charge in [-0.25, -0.2) is 0 Å². The number of carbonyl (C=O) groups is 2. The average molecular weight is 184 g/mol. The van der Waals surface area contributed by atoms with Crippen LogP contribution in [0.3, 0.4) is 0 Å². The Balaban J connectivity index is 2.90. The predicted octanol–water partition coefficient (Wildman–Crippen LogP) is 1.13. The Morgan fingerprint density at radius 1 is 1.23 bits per heavy atom. The molecule has 1 aliphatic carbocycles. The lowest BCUT2D eigenvalue weighted by atomic mass is 9.76. The lowest BCUT2D eigenvalue weighted by Gasteiger charge is -2.26. The Labute approximate surface area is 75.9 Å². The molecule has 2 N–H and O–H groups in total. The number of hydrogen-bond acceptors (Lipinski definition) is 2. The number of carboxylic acids is 2. The fraction of sp³-hybridized carbons (Fsp3) is 0.556. The minimum atomic E-state index is -1.65. The maximum Gasteiger partial charge on any atom is 0.321 e. The standard InChI is InChI=1S/C9H12O4/c1-9(7(10)11,8(12)13)6-4-2-3-5-6/h2-3,6H,4-5H2,1H3,(H,10,11)(H,12,13). The fourth-order valence-electron chi connectivity index (χ4n) is 1.53. The molecule has 1 aliphatic rings. The molecule has 0 fully saturated rings. The summed E-state index contributed by atoms with van der Waals surface area (Å²) >= 11 is 0. The molecule has 0 saturated carbocycles. The first-order valence-electron chi connectivity index (χ1n) is 4.11. The van der Waals surface area contributed by atoms with E-state index in [9.17, 15) is 9.59 Å². The van der Waals surface area contributed by atoms with Crippen molar-refractivity contribution in [3.8, 4) is 0 Å². The molecular weight excluding hydrogens is 172 g/mol. The van der Waals surface area contributed by atoms with Crippen molar-refractivity contribution in [2.45, 2.75) is 19.8 Å². The maximum atomic E-state index is 10.8. The molecule has 0 aromatic heterocycles. The predicted molar refractivity (Wildman–Crippen MR) is 45.2 cm³/mol. The van der Waals surface area contributed by atoms with Crippen molar-refractivity contribution in [3.05, 3.63) is 12.2 Å². The third-order valence-electron chi connectivity index (χ3n) is 2.71.